The number of nitrogens with two attached hydrogens (primary N) is 1. The molecule has 1 aliphatic heterocycles. The molecule has 0 aromatic rings. The number of aliphatic hydroxyl groups excluding tert-OH is 1. The number of hydrogen-bond donors (Lipinski definition) is 2. The van der Waals surface area contributed by atoms with Crippen LogP contribution >= 0.6 is 0 Å². The highest BCUT2D eigenvalue weighted by Crippen LogP contribution is 2.15. The summed E-state index contributed by atoms with van der Waals surface area (Å²) in [6.07, 6.45) is 0.911. The Hall–Kier alpha value is -0.120. The lowest BCUT2D eigenvalue weighted by molar-refractivity contribution is -0.161. The van der Waals surface area contributed by atoms with Crippen LogP contribution in [0, 0.1) is 0 Å². The summed E-state index contributed by atoms with van der Waals surface area (Å²) in [5, 5.41) is 8.95. The monoisotopic (exact) mass is 131 g/mol. The Morgan fingerprint density at radius 3 is 2.67 bits per heavy atom. The lowest BCUT2D eigenvalue weighted by Gasteiger charge is -2.28. The van der Waals surface area contributed by atoms with Crippen molar-refractivity contribution in [1.82, 2.24) is 0 Å². The van der Waals surface area contributed by atoms with Crippen LogP contribution in [0.5, 0.6) is 0 Å². The third-order valence-electron chi connectivity index (χ3n) is 1.53. The summed E-state index contributed by atoms with van der Waals surface area (Å²) in [7, 11) is 0. The molecule has 3 atom stereocenters. The van der Waals surface area contributed by atoms with E-state index in [4.69, 9.17) is 15.6 Å². The van der Waals surface area contributed by atoms with E-state index in [-0.39, 0.29) is 12.1 Å². The summed E-state index contributed by atoms with van der Waals surface area (Å²) in [5.41, 5.74) is 5.58. The van der Waals surface area contributed by atoms with Crippen LogP contribution in [-0.4, -0.2) is 23.5 Å². The SMILES string of the molecule is C[C@@H]1C[C@H](N)C[C@H](O)O1. The van der Waals surface area contributed by atoms with Crippen LogP contribution in [0.15, 0.2) is 0 Å². The maximum absolute atomic E-state index is 8.95. The lowest BCUT2D eigenvalue weighted by atomic mass is 10.0. The fourth-order valence-electron chi connectivity index (χ4n) is 1.16. The Bertz CT molecular complexity index is 72.0. The second-order valence-corrected chi connectivity index (χ2v) is 2.63. The first-order valence-electron chi connectivity index (χ1n) is 3.27. The fourth-order valence-corrected chi connectivity index (χ4v) is 1.16. The first kappa shape index (κ1) is 6.99. The molecule has 1 saturated heterocycles. The van der Waals surface area contributed by atoms with Crippen LogP contribution in [0.4, 0.5) is 0 Å². The van der Waals surface area contributed by atoms with Gasteiger partial charge in [-0.2, -0.15) is 0 Å². The maximum atomic E-state index is 8.95. The van der Waals surface area contributed by atoms with Crippen molar-refractivity contribution >= 4 is 0 Å². The molecule has 0 aliphatic carbocycles. The zero-order chi connectivity index (χ0) is 6.85. The number of hydrogen-bond acceptors (Lipinski definition) is 3. The van der Waals surface area contributed by atoms with Crippen LogP contribution in [0.2, 0.25) is 0 Å². The molecule has 0 saturated carbocycles. The van der Waals surface area contributed by atoms with Gasteiger partial charge in [-0.05, 0) is 13.3 Å². The molecule has 0 radical (unpaired) electrons. The van der Waals surface area contributed by atoms with Crippen molar-refractivity contribution in [3.8, 4) is 0 Å². The van der Waals surface area contributed by atoms with Crippen LogP contribution in [-0.2, 0) is 4.74 Å². The minimum atomic E-state index is -0.635. The predicted octanol–water partition coefficient (Wildman–Crippen LogP) is -0.169. The molecule has 0 amide bonds. The van der Waals surface area contributed by atoms with Crippen LogP contribution in [0.1, 0.15) is 19.8 Å². The Kier molecular flexibility index (Phi) is 2.05. The van der Waals surface area contributed by atoms with Crippen molar-refractivity contribution in [2.45, 2.75) is 38.2 Å². The molecule has 0 aromatic heterocycles. The Morgan fingerprint density at radius 2 is 2.22 bits per heavy atom. The van der Waals surface area contributed by atoms with Gasteiger partial charge in [0.25, 0.3) is 0 Å². The standard InChI is InChI=1S/C6H13NO2/c1-4-2-5(7)3-6(8)9-4/h4-6,8H,2-3,7H2,1H3/t4-,5+,6-/m1/s1. The third kappa shape index (κ3) is 1.93. The topological polar surface area (TPSA) is 55.5 Å². The highest BCUT2D eigenvalue weighted by molar-refractivity contribution is 4.72. The van der Waals surface area contributed by atoms with E-state index >= 15 is 0 Å². The van der Waals surface area contributed by atoms with Crippen molar-refractivity contribution < 1.29 is 9.84 Å². The molecule has 9 heavy (non-hydrogen) atoms. The highest BCUT2D eigenvalue weighted by Gasteiger charge is 2.22. The van der Waals surface area contributed by atoms with E-state index in [1.54, 1.807) is 0 Å². The van der Waals surface area contributed by atoms with Gasteiger partial charge in [0.2, 0.25) is 0 Å². The molecule has 1 rings (SSSR count). The van der Waals surface area contributed by atoms with Crippen LogP contribution in [0.3, 0.4) is 0 Å². The number of rotatable bonds is 0. The summed E-state index contributed by atoms with van der Waals surface area (Å²) in [5.74, 6) is 0. The summed E-state index contributed by atoms with van der Waals surface area (Å²) in [6, 6.07) is 0.115. The summed E-state index contributed by atoms with van der Waals surface area (Å²) >= 11 is 0. The second-order valence-electron chi connectivity index (χ2n) is 2.63. The predicted molar refractivity (Wildman–Crippen MR) is 33.8 cm³/mol. The molecule has 1 aliphatic rings. The van der Waals surface area contributed by atoms with Gasteiger partial charge in [0, 0.05) is 12.5 Å². The third-order valence-corrected chi connectivity index (χ3v) is 1.53. The van der Waals surface area contributed by atoms with Crippen molar-refractivity contribution in [2.75, 3.05) is 0 Å². The average Bonchev–Trinajstić information content (AvgIpc) is 1.59. The molecular formula is C6H13NO2. The Morgan fingerprint density at radius 1 is 1.56 bits per heavy atom. The Balaban J connectivity index is 2.34. The molecule has 0 unspecified atom stereocenters. The van der Waals surface area contributed by atoms with E-state index in [2.05, 4.69) is 0 Å². The molecule has 1 fully saturated rings. The molecule has 54 valence electrons. The van der Waals surface area contributed by atoms with E-state index in [1.165, 1.54) is 0 Å². The summed E-state index contributed by atoms with van der Waals surface area (Å²) < 4.78 is 5.03. The molecule has 1 heterocycles. The van der Waals surface area contributed by atoms with Gasteiger partial charge in [-0.1, -0.05) is 0 Å². The van der Waals surface area contributed by atoms with Crippen LogP contribution < -0.4 is 5.73 Å². The largest absolute Gasteiger partial charge is 0.368 e. The van der Waals surface area contributed by atoms with Gasteiger partial charge in [0.15, 0.2) is 6.29 Å². The summed E-state index contributed by atoms with van der Waals surface area (Å²) in [4.78, 5) is 0. The van der Waals surface area contributed by atoms with Crippen molar-refractivity contribution in [3.63, 3.8) is 0 Å². The maximum Gasteiger partial charge on any atom is 0.156 e. The van der Waals surface area contributed by atoms with Gasteiger partial charge in [-0.25, -0.2) is 0 Å². The molecule has 3 nitrogen and oxygen atoms in total. The Labute approximate surface area is 54.8 Å². The minimum absolute atomic E-state index is 0.115. The van der Waals surface area contributed by atoms with Gasteiger partial charge >= 0.3 is 0 Å². The molecule has 3 N–H and O–H groups in total. The van der Waals surface area contributed by atoms with Gasteiger partial charge < -0.3 is 15.6 Å². The fraction of sp³-hybridized carbons (Fsp3) is 1.00. The zero-order valence-electron chi connectivity index (χ0n) is 5.58. The van der Waals surface area contributed by atoms with E-state index in [1.807, 2.05) is 6.92 Å². The quantitative estimate of drug-likeness (QED) is 0.480. The first-order chi connectivity index (χ1) is 4.18. The van der Waals surface area contributed by atoms with Crippen molar-refractivity contribution in [1.29, 1.82) is 0 Å². The molecular weight excluding hydrogens is 118 g/mol. The van der Waals surface area contributed by atoms with E-state index in [0.29, 0.717) is 6.42 Å². The zero-order valence-corrected chi connectivity index (χ0v) is 5.58. The first-order valence-corrected chi connectivity index (χ1v) is 3.27. The highest BCUT2D eigenvalue weighted by atomic mass is 16.6. The van der Waals surface area contributed by atoms with Gasteiger partial charge in [-0.3, -0.25) is 0 Å². The summed E-state index contributed by atoms with van der Waals surface area (Å²) in [6.45, 7) is 1.92. The second kappa shape index (κ2) is 2.64. The smallest absolute Gasteiger partial charge is 0.156 e. The molecule has 0 aromatic carbocycles. The minimum Gasteiger partial charge on any atom is -0.368 e. The lowest BCUT2D eigenvalue weighted by Crippen LogP contribution is -2.38. The van der Waals surface area contributed by atoms with Gasteiger partial charge in [0.1, 0.15) is 0 Å². The molecule has 3 heteroatoms. The van der Waals surface area contributed by atoms with Crippen molar-refractivity contribution in [2.24, 2.45) is 5.73 Å². The van der Waals surface area contributed by atoms with Crippen molar-refractivity contribution in [3.05, 3.63) is 0 Å². The number of ether oxygens (including phenoxy) is 1. The van der Waals surface area contributed by atoms with Gasteiger partial charge in [0.05, 0.1) is 6.10 Å². The normalized spacial score (nSPS) is 45.0. The van der Waals surface area contributed by atoms with Gasteiger partial charge in [-0.15, -0.1) is 0 Å². The van der Waals surface area contributed by atoms with Crippen LogP contribution in [0.25, 0.3) is 0 Å². The molecule has 0 spiro atoms. The van der Waals surface area contributed by atoms with E-state index in [0.717, 1.165) is 6.42 Å². The van der Waals surface area contributed by atoms with E-state index in [9.17, 15) is 0 Å². The average molecular weight is 131 g/mol. The molecule has 0 bridgehead atoms. The number of aliphatic hydroxyl groups is 1. The van der Waals surface area contributed by atoms with E-state index < -0.39 is 6.29 Å².